The number of rotatable bonds is 6. The number of piperidine rings is 1. The van der Waals surface area contributed by atoms with Gasteiger partial charge in [-0.3, -0.25) is 4.90 Å². The molecule has 1 N–H and O–H groups in total. The highest BCUT2D eigenvalue weighted by Crippen LogP contribution is 2.51. The second kappa shape index (κ2) is 7.27. The van der Waals surface area contributed by atoms with E-state index in [0.29, 0.717) is 42.5 Å². The lowest BCUT2D eigenvalue weighted by molar-refractivity contribution is 0.0851. The number of nitrogens with zero attached hydrogens (tertiary/aromatic N) is 2. The van der Waals surface area contributed by atoms with Gasteiger partial charge in [-0.1, -0.05) is 24.3 Å². The van der Waals surface area contributed by atoms with Crippen LogP contribution in [-0.2, 0) is 16.6 Å². The predicted octanol–water partition coefficient (Wildman–Crippen LogP) is 1.82. The third-order valence-corrected chi connectivity index (χ3v) is 6.86. The number of hydrogen-bond acceptors (Lipinski definition) is 6. The number of aromatic nitrogens is 1. The van der Waals surface area contributed by atoms with Crippen LogP contribution in [0, 0.1) is 17.8 Å². The summed E-state index contributed by atoms with van der Waals surface area (Å²) in [7, 11) is -3.09. The highest BCUT2D eigenvalue weighted by Gasteiger charge is 2.55. The first-order chi connectivity index (χ1) is 14.0. The Balaban J connectivity index is 1.13. The van der Waals surface area contributed by atoms with E-state index in [1.807, 2.05) is 12.1 Å². The molecule has 1 aliphatic carbocycles. The molecule has 1 saturated heterocycles. The molecule has 0 bridgehead atoms. The third-order valence-electron chi connectivity index (χ3n) is 6.17. The Hall–Kier alpha value is -2.16. The molecule has 2 fully saturated rings. The van der Waals surface area contributed by atoms with Crippen LogP contribution in [-0.4, -0.2) is 50.8 Å². The van der Waals surface area contributed by atoms with E-state index in [4.69, 9.17) is 9.47 Å². The molecule has 0 amide bonds. The number of pyridine rings is 1. The van der Waals surface area contributed by atoms with Crippen molar-refractivity contribution in [2.75, 3.05) is 32.5 Å². The first-order valence-electron chi connectivity index (χ1n) is 9.96. The zero-order valence-corrected chi connectivity index (χ0v) is 17.1. The Bertz CT molecular complexity index is 983. The van der Waals surface area contributed by atoms with Crippen molar-refractivity contribution in [2.45, 2.75) is 12.6 Å². The number of benzene rings is 1. The summed E-state index contributed by atoms with van der Waals surface area (Å²) >= 11 is 0. The van der Waals surface area contributed by atoms with Gasteiger partial charge in [0.25, 0.3) is 5.88 Å². The summed E-state index contributed by atoms with van der Waals surface area (Å²) in [5.74, 6) is 3.00. The lowest BCUT2D eigenvalue weighted by Crippen LogP contribution is -2.29. The van der Waals surface area contributed by atoms with Crippen molar-refractivity contribution in [3.05, 3.63) is 53.7 Å². The minimum atomic E-state index is -3.09. The van der Waals surface area contributed by atoms with Gasteiger partial charge in [-0.25, -0.2) is 18.1 Å². The first-order valence-corrected chi connectivity index (χ1v) is 11.9. The molecule has 2 aromatic rings. The minimum Gasteiger partial charge on any atom is -0.484 e. The summed E-state index contributed by atoms with van der Waals surface area (Å²) in [6.45, 7) is 4.08. The largest absolute Gasteiger partial charge is 0.484 e. The fourth-order valence-corrected chi connectivity index (χ4v) is 5.08. The molecule has 29 heavy (non-hydrogen) atoms. The van der Waals surface area contributed by atoms with Crippen molar-refractivity contribution in [1.82, 2.24) is 14.6 Å². The Morgan fingerprint density at radius 2 is 1.93 bits per heavy atom. The van der Waals surface area contributed by atoms with Gasteiger partial charge in [0.2, 0.25) is 10.0 Å². The molecule has 154 valence electrons. The summed E-state index contributed by atoms with van der Waals surface area (Å²) in [4.78, 5) is 6.69. The third kappa shape index (κ3) is 4.10. The molecule has 4 atom stereocenters. The smallest absolute Gasteiger partial charge is 0.257 e. The van der Waals surface area contributed by atoms with E-state index in [2.05, 4.69) is 38.9 Å². The van der Waals surface area contributed by atoms with Crippen molar-refractivity contribution in [2.24, 2.45) is 17.8 Å². The molecule has 3 heterocycles. The summed E-state index contributed by atoms with van der Waals surface area (Å²) in [6, 6.07) is 12.2. The van der Waals surface area contributed by atoms with Gasteiger partial charge in [-0.2, -0.15) is 0 Å². The summed E-state index contributed by atoms with van der Waals surface area (Å²) in [5, 5.41) is 0. The fraction of sp³-hybridized carbons (Fsp3) is 0.476. The quantitative estimate of drug-likeness (QED) is 0.775. The van der Waals surface area contributed by atoms with Crippen molar-refractivity contribution >= 4 is 10.0 Å². The number of sulfonamides is 1. The van der Waals surface area contributed by atoms with Gasteiger partial charge in [-0.05, 0) is 41.0 Å². The van der Waals surface area contributed by atoms with Gasteiger partial charge in [0.05, 0.1) is 6.26 Å². The van der Waals surface area contributed by atoms with Gasteiger partial charge in [0.15, 0.2) is 11.9 Å². The van der Waals surface area contributed by atoms with Crippen molar-refractivity contribution in [3.8, 4) is 11.6 Å². The van der Waals surface area contributed by atoms with E-state index < -0.39 is 10.0 Å². The molecular weight excluding hydrogens is 390 g/mol. The maximum absolute atomic E-state index is 11.2. The average molecular weight is 416 g/mol. The van der Waals surface area contributed by atoms with Gasteiger partial charge in [0.1, 0.15) is 6.61 Å². The lowest BCUT2D eigenvalue weighted by atomic mass is 10.1. The number of likely N-dealkylation sites (tertiary alicyclic amines) is 1. The van der Waals surface area contributed by atoms with Crippen LogP contribution in [0.1, 0.15) is 17.2 Å². The van der Waals surface area contributed by atoms with Crippen molar-refractivity contribution < 1.29 is 17.9 Å². The van der Waals surface area contributed by atoms with E-state index in [1.165, 1.54) is 11.8 Å². The van der Waals surface area contributed by atoms with Crippen LogP contribution >= 0.6 is 0 Å². The zero-order chi connectivity index (χ0) is 20.0. The second-order valence-electron chi connectivity index (χ2n) is 8.27. The SMILES string of the molecule is CS(=O)(=O)NCC1[C@H]2CN(Cc3ccc([C@H]4COc5cccnc5O4)cc3)C[C@@H]12. The van der Waals surface area contributed by atoms with Crippen LogP contribution < -0.4 is 14.2 Å². The molecule has 0 radical (unpaired) electrons. The van der Waals surface area contributed by atoms with E-state index in [1.54, 1.807) is 6.20 Å². The lowest BCUT2D eigenvalue weighted by Gasteiger charge is -2.26. The molecule has 3 aliphatic rings. The molecule has 7 nitrogen and oxygen atoms in total. The second-order valence-corrected chi connectivity index (χ2v) is 10.1. The average Bonchev–Trinajstić information content (AvgIpc) is 3.17. The first kappa shape index (κ1) is 18.8. The molecule has 5 rings (SSSR count). The maximum atomic E-state index is 11.2. The molecule has 1 aromatic carbocycles. The normalized spacial score (nSPS) is 28.2. The zero-order valence-electron chi connectivity index (χ0n) is 16.3. The van der Waals surface area contributed by atoms with Gasteiger partial charge in [0, 0.05) is 32.4 Å². The number of ether oxygens (including phenoxy) is 2. The van der Waals surface area contributed by atoms with Crippen LogP contribution in [0.2, 0.25) is 0 Å². The molecule has 1 unspecified atom stereocenters. The number of nitrogens with one attached hydrogen (secondary N) is 1. The highest BCUT2D eigenvalue weighted by molar-refractivity contribution is 7.88. The number of hydrogen-bond donors (Lipinski definition) is 1. The summed E-state index contributed by atoms with van der Waals surface area (Å²) in [6.07, 6.45) is 2.78. The standard InChI is InChI=1S/C21H25N3O4S/c1-29(25,26)23-9-16-17-11-24(12-18(16)17)10-14-4-6-15(7-5-14)20-13-27-19-3-2-8-22-21(19)28-20/h2-8,16-18,20,23H,9-13H2,1H3/t16?,17-,18+,20-/m1/s1. The van der Waals surface area contributed by atoms with Gasteiger partial charge in [-0.15, -0.1) is 0 Å². The van der Waals surface area contributed by atoms with Crippen LogP contribution in [0.3, 0.4) is 0 Å². The van der Waals surface area contributed by atoms with Crippen LogP contribution in [0.15, 0.2) is 42.6 Å². The predicted molar refractivity (Wildman–Crippen MR) is 108 cm³/mol. The monoisotopic (exact) mass is 415 g/mol. The minimum absolute atomic E-state index is 0.144. The van der Waals surface area contributed by atoms with Crippen LogP contribution in [0.25, 0.3) is 0 Å². The van der Waals surface area contributed by atoms with Crippen LogP contribution in [0.5, 0.6) is 11.6 Å². The van der Waals surface area contributed by atoms with Gasteiger partial charge >= 0.3 is 0 Å². The topological polar surface area (TPSA) is 80.8 Å². The van der Waals surface area contributed by atoms with Crippen molar-refractivity contribution in [1.29, 1.82) is 0 Å². The Labute approximate surface area is 171 Å². The Kier molecular flexibility index (Phi) is 4.72. The van der Waals surface area contributed by atoms with Gasteiger partial charge < -0.3 is 9.47 Å². The molecule has 2 aliphatic heterocycles. The maximum Gasteiger partial charge on any atom is 0.257 e. The Morgan fingerprint density at radius 3 is 2.66 bits per heavy atom. The van der Waals surface area contributed by atoms with Crippen LogP contribution in [0.4, 0.5) is 0 Å². The van der Waals surface area contributed by atoms with E-state index in [-0.39, 0.29) is 6.10 Å². The summed E-state index contributed by atoms with van der Waals surface area (Å²) in [5.41, 5.74) is 2.36. The molecule has 1 aromatic heterocycles. The van der Waals surface area contributed by atoms with E-state index >= 15 is 0 Å². The number of fused-ring (bicyclic) bond motifs is 2. The molecule has 0 spiro atoms. The van der Waals surface area contributed by atoms with E-state index in [0.717, 1.165) is 25.2 Å². The van der Waals surface area contributed by atoms with Crippen molar-refractivity contribution in [3.63, 3.8) is 0 Å². The molecular formula is C21H25N3O4S. The molecule has 8 heteroatoms. The molecule has 1 saturated carbocycles. The highest BCUT2D eigenvalue weighted by atomic mass is 32.2. The Morgan fingerprint density at radius 1 is 1.17 bits per heavy atom. The van der Waals surface area contributed by atoms with E-state index in [9.17, 15) is 8.42 Å². The fourth-order valence-electron chi connectivity index (χ4n) is 4.59. The summed E-state index contributed by atoms with van der Waals surface area (Å²) < 4.78 is 36.9.